The molecule has 1 amide bonds. The Morgan fingerprint density at radius 3 is 2.78 bits per heavy atom. The van der Waals surface area contributed by atoms with Crippen molar-refractivity contribution in [2.75, 3.05) is 0 Å². The summed E-state index contributed by atoms with van der Waals surface area (Å²) >= 11 is 7.06. The lowest BCUT2D eigenvalue weighted by Gasteiger charge is -2.34. The number of pyridine rings is 2. The van der Waals surface area contributed by atoms with Crippen molar-refractivity contribution < 1.29 is 14.3 Å². The van der Waals surface area contributed by atoms with Gasteiger partial charge in [-0.2, -0.15) is 4.39 Å². The monoisotopic (exact) mass is 528 g/mol. The molecule has 0 aromatic carbocycles. The van der Waals surface area contributed by atoms with Crippen LogP contribution in [0.5, 0.6) is 0 Å². The van der Waals surface area contributed by atoms with Gasteiger partial charge in [0.1, 0.15) is 15.7 Å². The number of amides is 1. The molecular weight excluding hydrogens is 503 g/mol. The van der Waals surface area contributed by atoms with Crippen LogP contribution in [0.2, 0.25) is 4.34 Å². The maximum absolute atomic E-state index is 13.8. The predicted molar refractivity (Wildman–Crippen MR) is 137 cm³/mol. The van der Waals surface area contributed by atoms with Crippen LogP contribution in [0.4, 0.5) is 4.39 Å². The van der Waals surface area contributed by atoms with Crippen molar-refractivity contribution in [2.24, 2.45) is 5.92 Å². The number of aromatic nitrogens is 5. The number of carbonyl (C=O) groups excluding carboxylic acids is 1. The summed E-state index contributed by atoms with van der Waals surface area (Å²) in [7, 11) is 0. The van der Waals surface area contributed by atoms with Crippen LogP contribution in [-0.2, 0) is 6.42 Å². The highest BCUT2D eigenvalue weighted by Crippen LogP contribution is 2.35. The van der Waals surface area contributed by atoms with Gasteiger partial charge in [0.15, 0.2) is 5.01 Å². The van der Waals surface area contributed by atoms with E-state index < -0.39 is 12.1 Å². The van der Waals surface area contributed by atoms with Crippen LogP contribution in [0.25, 0.3) is 22.4 Å². The molecule has 8 nitrogen and oxygen atoms in total. The molecule has 5 rings (SSSR count). The van der Waals surface area contributed by atoms with Crippen LogP contribution in [0, 0.1) is 11.9 Å². The van der Waals surface area contributed by atoms with Gasteiger partial charge in [0, 0.05) is 18.5 Å². The van der Waals surface area contributed by atoms with Crippen molar-refractivity contribution >= 4 is 39.9 Å². The first-order valence-corrected chi connectivity index (χ1v) is 13.1. The number of rotatable bonds is 6. The number of imidazole rings is 1. The van der Waals surface area contributed by atoms with Crippen molar-refractivity contribution in [3.05, 3.63) is 57.8 Å². The van der Waals surface area contributed by atoms with E-state index in [1.165, 1.54) is 12.3 Å². The van der Waals surface area contributed by atoms with Crippen LogP contribution in [-0.4, -0.2) is 47.7 Å². The molecule has 0 unspecified atom stereocenters. The van der Waals surface area contributed by atoms with E-state index in [0.717, 1.165) is 34.6 Å². The predicted octanol–water partition coefficient (Wildman–Crippen LogP) is 4.83. The number of halogens is 2. The Bertz CT molecular complexity index is 1410. The molecule has 1 saturated carbocycles. The van der Waals surface area contributed by atoms with Gasteiger partial charge in [0.25, 0.3) is 5.91 Å². The smallest absolute Gasteiger partial charge is 0.280 e. The lowest BCUT2D eigenvalue weighted by molar-refractivity contribution is 0.0740. The molecule has 3 atom stereocenters. The standard InChI is InChI=1S/C25H26ClFN6O2S/c1-13(2)6-23-32-19-11-28-18(17-4-3-5-22(27)31-17)10-20(19)33(23)15-7-14(8-16(34)9-15)30-24(35)25-29-12-21(26)36-25/h3-5,10-16,34H,6-9H2,1-2H3,(H,30,35)/t14-,15+,16+/m1/s1. The number of hydrogen-bond acceptors (Lipinski definition) is 7. The number of thiazole rings is 1. The third kappa shape index (κ3) is 5.25. The zero-order valence-corrected chi connectivity index (χ0v) is 21.4. The lowest BCUT2D eigenvalue weighted by atomic mass is 9.88. The minimum Gasteiger partial charge on any atom is -0.393 e. The van der Waals surface area contributed by atoms with E-state index >= 15 is 0 Å². The highest BCUT2D eigenvalue weighted by atomic mass is 35.5. The molecule has 0 radical (unpaired) electrons. The largest absolute Gasteiger partial charge is 0.393 e. The average molecular weight is 529 g/mol. The van der Waals surface area contributed by atoms with E-state index in [4.69, 9.17) is 16.6 Å². The number of nitrogens with zero attached hydrogens (tertiary/aromatic N) is 5. The summed E-state index contributed by atoms with van der Waals surface area (Å²) in [5, 5.41) is 14.1. The van der Waals surface area contributed by atoms with Gasteiger partial charge >= 0.3 is 0 Å². The molecule has 0 spiro atoms. The first-order chi connectivity index (χ1) is 17.3. The molecule has 4 heterocycles. The number of carbonyl (C=O) groups is 1. The molecule has 4 aromatic heterocycles. The highest BCUT2D eigenvalue weighted by Gasteiger charge is 2.33. The summed E-state index contributed by atoms with van der Waals surface area (Å²) in [6, 6.07) is 6.14. The SMILES string of the molecule is CC(C)Cc1nc2cnc(-c3cccc(F)n3)cc2n1[C@@H]1C[C@@H](O)C[C@H](NC(=O)c2ncc(Cl)s2)C1. The fraction of sp³-hybridized carbons (Fsp3) is 0.400. The molecule has 2 N–H and O–H groups in total. The number of aliphatic hydroxyl groups excluding tert-OH is 1. The van der Waals surface area contributed by atoms with Gasteiger partial charge in [-0.1, -0.05) is 42.9 Å². The van der Waals surface area contributed by atoms with Gasteiger partial charge in [0.2, 0.25) is 5.95 Å². The van der Waals surface area contributed by atoms with E-state index in [1.807, 2.05) is 6.07 Å². The van der Waals surface area contributed by atoms with Gasteiger partial charge in [-0.15, -0.1) is 0 Å². The van der Waals surface area contributed by atoms with Gasteiger partial charge in [0.05, 0.1) is 35.4 Å². The minimum atomic E-state index is -0.593. The summed E-state index contributed by atoms with van der Waals surface area (Å²) in [6.07, 6.45) is 4.88. The van der Waals surface area contributed by atoms with Crippen LogP contribution in [0.15, 0.2) is 36.7 Å². The lowest BCUT2D eigenvalue weighted by Crippen LogP contribution is -2.43. The third-order valence-electron chi connectivity index (χ3n) is 6.25. The summed E-state index contributed by atoms with van der Waals surface area (Å²) in [5.41, 5.74) is 2.55. The molecule has 1 aliphatic carbocycles. The molecule has 0 bridgehead atoms. The Morgan fingerprint density at radius 1 is 1.22 bits per heavy atom. The summed E-state index contributed by atoms with van der Waals surface area (Å²) in [4.78, 5) is 30.1. The fourth-order valence-electron chi connectivity index (χ4n) is 4.85. The van der Waals surface area contributed by atoms with Gasteiger partial charge in [-0.3, -0.25) is 9.78 Å². The summed E-state index contributed by atoms with van der Waals surface area (Å²) in [6.45, 7) is 4.25. The normalized spacial score (nSPS) is 20.2. The van der Waals surface area contributed by atoms with E-state index in [-0.39, 0.29) is 18.0 Å². The minimum absolute atomic E-state index is 0.103. The Labute approximate surface area is 216 Å². The topological polar surface area (TPSA) is 106 Å². The second kappa shape index (κ2) is 10.2. The first-order valence-electron chi connectivity index (χ1n) is 11.9. The third-order valence-corrected chi connectivity index (χ3v) is 7.36. The van der Waals surface area contributed by atoms with Crippen molar-refractivity contribution in [3.63, 3.8) is 0 Å². The average Bonchev–Trinajstić information content (AvgIpc) is 3.41. The maximum Gasteiger partial charge on any atom is 0.280 e. The number of fused-ring (bicyclic) bond motifs is 1. The second-order valence-electron chi connectivity index (χ2n) is 9.55. The van der Waals surface area contributed by atoms with E-state index in [9.17, 15) is 14.3 Å². The molecule has 0 aliphatic heterocycles. The van der Waals surface area contributed by atoms with Gasteiger partial charge in [-0.25, -0.2) is 15.0 Å². The molecule has 1 aliphatic rings. The number of hydrogen-bond donors (Lipinski definition) is 2. The molecule has 36 heavy (non-hydrogen) atoms. The zero-order valence-electron chi connectivity index (χ0n) is 19.9. The van der Waals surface area contributed by atoms with E-state index in [2.05, 4.69) is 38.7 Å². The number of nitrogens with one attached hydrogen (secondary N) is 1. The maximum atomic E-state index is 13.8. The van der Waals surface area contributed by atoms with Gasteiger partial charge in [-0.05, 0) is 43.4 Å². The fourth-order valence-corrected chi connectivity index (χ4v) is 5.67. The molecular formula is C25H26ClFN6O2S. The Hall–Kier alpha value is -2.95. The quantitative estimate of drug-likeness (QED) is 0.347. The molecule has 11 heteroatoms. The molecule has 4 aromatic rings. The first kappa shape index (κ1) is 24.7. The van der Waals surface area contributed by atoms with Crippen LogP contribution in [0.3, 0.4) is 0 Å². The van der Waals surface area contributed by atoms with Crippen LogP contribution < -0.4 is 5.32 Å². The van der Waals surface area contributed by atoms with E-state index in [1.54, 1.807) is 18.3 Å². The molecule has 1 fully saturated rings. The van der Waals surface area contributed by atoms with Crippen molar-refractivity contribution in [1.82, 2.24) is 29.8 Å². The van der Waals surface area contributed by atoms with Crippen LogP contribution >= 0.6 is 22.9 Å². The van der Waals surface area contributed by atoms with Crippen molar-refractivity contribution in [2.45, 2.75) is 57.7 Å². The second-order valence-corrected chi connectivity index (χ2v) is 11.2. The Morgan fingerprint density at radius 2 is 2.06 bits per heavy atom. The van der Waals surface area contributed by atoms with Crippen LogP contribution in [0.1, 0.15) is 54.8 Å². The zero-order chi connectivity index (χ0) is 25.4. The molecule has 188 valence electrons. The van der Waals surface area contributed by atoms with Crippen molar-refractivity contribution in [3.8, 4) is 11.4 Å². The number of aliphatic hydroxyl groups is 1. The van der Waals surface area contributed by atoms with Crippen molar-refractivity contribution in [1.29, 1.82) is 0 Å². The summed E-state index contributed by atoms with van der Waals surface area (Å²) < 4.78 is 16.4. The van der Waals surface area contributed by atoms with Gasteiger partial charge < -0.3 is 15.0 Å². The Balaban J connectivity index is 1.50. The summed E-state index contributed by atoms with van der Waals surface area (Å²) in [5.74, 6) is 0.379. The highest BCUT2D eigenvalue weighted by molar-refractivity contribution is 7.17. The molecule has 0 saturated heterocycles. The Kier molecular flexibility index (Phi) is 7.00. The van der Waals surface area contributed by atoms with E-state index in [0.29, 0.717) is 45.9 Å².